The van der Waals surface area contributed by atoms with E-state index in [0.29, 0.717) is 0 Å². The van der Waals surface area contributed by atoms with Gasteiger partial charge in [-0.1, -0.05) is 23.8 Å². The quantitative estimate of drug-likeness (QED) is 0.422. The summed E-state index contributed by atoms with van der Waals surface area (Å²) < 4.78 is 12.8. The minimum absolute atomic E-state index is 0.0237. The van der Waals surface area contributed by atoms with Crippen LogP contribution in [0.2, 0.25) is 6.82 Å². The van der Waals surface area contributed by atoms with Crippen LogP contribution in [-0.2, 0) is 0 Å². The van der Waals surface area contributed by atoms with Gasteiger partial charge in [0.15, 0.2) is 0 Å². The van der Waals surface area contributed by atoms with Crippen molar-refractivity contribution in [2.45, 2.75) is 6.82 Å². The Bertz CT molecular complexity index is 252. The molecule has 0 amide bonds. The highest BCUT2D eigenvalue weighted by atomic mass is 19.1. The maximum atomic E-state index is 12.8. The summed E-state index contributed by atoms with van der Waals surface area (Å²) in [5.41, 5.74) is 6.35. The highest BCUT2D eigenvalue weighted by Gasteiger charge is 2.02. The zero-order valence-electron chi connectivity index (χ0n) is 6.26. The average molecular weight is 146 g/mol. The lowest BCUT2D eigenvalue weighted by Crippen LogP contribution is -2.22. The standard InChI is InChI=1S/C7H7B2FN/c1-9-4-2-5(8)7(11)6(10)3-4/h2-3H,11H2,1H3. The van der Waals surface area contributed by atoms with Crippen LogP contribution < -0.4 is 16.7 Å². The van der Waals surface area contributed by atoms with E-state index in [1.54, 1.807) is 13.3 Å². The third-order valence-corrected chi connectivity index (χ3v) is 1.52. The molecule has 0 aliphatic carbocycles. The van der Waals surface area contributed by atoms with Crippen molar-refractivity contribution in [2.75, 3.05) is 5.73 Å². The normalized spacial score (nSPS) is 9.64. The van der Waals surface area contributed by atoms with Gasteiger partial charge in [-0.25, -0.2) is 4.39 Å². The van der Waals surface area contributed by atoms with Gasteiger partial charge < -0.3 is 5.73 Å². The van der Waals surface area contributed by atoms with Crippen molar-refractivity contribution >= 4 is 31.7 Å². The molecule has 0 saturated heterocycles. The van der Waals surface area contributed by atoms with Gasteiger partial charge >= 0.3 is 0 Å². The molecule has 2 N–H and O–H groups in total. The molecule has 0 aliphatic rings. The Morgan fingerprint density at radius 3 is 2.64 bits per heavy atom. The Kier molecular flexibility index (Phi) is 2.22. The fourth-order valence-electron chi connectivity index (χ4n) is 0.828. The Morgan fingerprint density at radius 2 is 2.18 bits per heavy atom. The second kappa shape index (κ2) is 2.99. The van der Waals surface area contributed by atoms with Gasteiger partial charge in [-0.15, -0.1) is 0 Å². The molecule has 0 heterocycles. The number of hydrogen-bond donors (Lipinski definition) is 1. The average Bonchev–Trinajstić information content (AvgIpc) is 1.99. The van der Waals surface area contributed by atoms with Crippen molar-refractivity contribution in [2.24, 2.45) is 0 Å². The van der Waals surface area contributed by atoms with Gasteiger partial charge in [-0.05, 0) is 6.07 Å². The number of anilines is 1. The molecule has 0 atom stereocenters. The first-order valence-electron chi connectivity index (χ1n) is 3.29. The molecule has 0 saturated carbocycles. The molecule has 0 bridgehead atoms. The van der Waals surface area contributed by atoms with Gasteiger partial charge in [0.25, 0.3) is 0 Å². The van der Waals surface area contributed by atoms with E-state index < -0.39 is 5.82 Å². The zero-order chi connectivity index (χ0) is 8.43. The van der Waals surface area contributed by atoms with E-state index in [1.165, 1.54) is 6.07 Å². The first-order valence-corrected chi connectivity index (χ1v) is 3.29. The van der Waals surface area contributed by atoms with Crippen LogP contribution in [0.5, 0.6) is 0 Å². The van der Waals surface area contributed by atoms with Crippen LogP contribution in [0.4, 0.5) is 10.1 Å². The summed E-state index contributed by atoms with van der Waals surface area (Å²) in [5.74, 6) is -0.460. The molecule has 1 rings (SSSR count). The molecule has 0 unspecified atom stereocenters. The molecule has 1 aromatic rings. The number of rotatable bonds is 1. The van der Waals surface area contributed by atoms with Crippen LogP contribution in [0.3, 0.4) is 0 Å². The number of hydrogen-bond acceptors (Lipinski definition) is 1. The molecule has 3 radical (unpaired) electrons. The van der Waals surface area contributed by atoms with Crippen molar-refractivity contribution in [1.29, 1.82) is 0 Å². The lowest BCUT2D eigenvalue weighted by atomic mass is 9.71. The fourth-order valence-corrected chi connectivity index (χ4v) is 0.828. The molecule has 0 fully saturated rings. The lowest BCUT2D eigenvalue weighted by molar-refractivity contribution is 0.634. The van der Waals surface area contributed by atoms with Gasteiger partial charge in [-0.2, -0.15) is 0 Å². The molecule has 0 spiro atoms. The third-order valence-electron chi connectivity index (χ3n) is 1.52. The second-order valence-corrected chi connectivity index (χ2v) is 2.29. The van der Waals surface area contributed by atoms with Gasteiger partial charge in [-0.3, -0.25) is 0 Å². The molecule has 11 heavy (non-hydrogen) atoms. The molecular formula is C7H7B2FN. The number of nitrogens with two attached hydrogens (primary N) is 1. The topological polar surface area (TPSA) is 26.0 Å². The molecule has 0 aromatic heterocycles. The van der Waals surface area contributed by atoms with E-state index in [2.05, 4.69) is 0 Å². The number of halogens is 1. The minimum Gasteiger partial charge on any atom is -0.397 e. The van der Waals surface area contributed by atoms with Gasteiger partial charge in [0.2, 0.25) is 0 Å². The second-order valence-electron chi connectivity index (χ2n) is 2.29. The largest absolute Gasteiger partial charge is 0.397 e. The maximum absolute atomic E-state index is 12.8. The van der Waals surface area contributed by atoms with Crippen molar-refractivity contribution in [1.82, 2.24) is 0 Å². The highest BCUT2D eigenvalue weighted by molar-refractivity contribution is 6.53. The van der Waals surface area contributed by atoms with Crippen LogP contribution >= 0.6 is 0 Å². The number of nitrogen functional groups attached to an aromatic ring is 1. The highest BCUT2D eigenvalue weighted by Crippen LogP contribution is 2.01. The SMILES string of the molecule is [B]c1cc([B]C)cc(F)c1N. The Morgan fingerprint density at radius 1 is 1.55 bits per heavy atom. The maximum Gasteiger partial charge on any atom is 0.148 e. The van der Waals surface area contributed by atoms with E-state index >= 15 is 0 Å². The Labute approximate surface area is 67.4 Å². The Hall–Kier alpha value is -0.920. The van der Waals surface area contributed by atoms with E-state index in [9.17, 15) is 4.39 Å². The molecule has 4 heteroatoms. The van der Waals surface area contributed by atoms with Gasteiger partial charge in [0, 0.05) is 0 Å². The Balaban J connectivity index is 3.21. The summed E-state index contributed by atoms with van der Waals surface area (Å²) in [6, 6.07) is 2.99. The van der Waals surface area contributed by atoms with E-state index in [0.717, 1.165) is 5.46 Å². The van der Waals surface area contributed by atoms with Crippen molar-refractivity contribution in [3.8, 4) is 0 Å². The van der Waals surface area contributed by atoms with E-state index in [1.807, 2.05) is 6.82 Å². The van der Waals surface area contributed by atoms with Crippen LogP contribution in [0.25, 0.3) is 0 Å². The first-order chi connectivity index (χ1) is 5.15. The number of benzene rings is 1. The monoisotopic (exact) mass is 146 g/mol. The van der Waals surface area contributed by atoms with Crippen molar-refractivity contribution in [3.05, 3.63) is 17.9 Å². The summed E-state index contributed by atoms with van der Waals surface area (Å²) in [5, 5.41) is 0. The minimum atomic E-state index is -0.460. The third kappa shape index (κ3) is 1.56. The summed E-state index contributed by atoms with van der Waals surface area (Å²) in [6.07, 6.45) is 0. The van der Waals surface area contributed by atoms with E-state index in [4.69, 9.17) is 13.6 Å². The van der Waals surface area contributed by atoms with Crippen molar-refractivity contribution in [3.63, 3.8) is 0 Å². The zero-order valence-corrected chi connectivity index (χ0v) is 6.26. The summed E-state index contributed by atoms with van der Waals surface area (Å²) in [6.45, 7) is 1.81. The predicted octanol–water partition coefficient (Wildman–Crippen LogP) is -0.421. The van der Waals surface area contributed by atoms with Crippen LogP contribution in [0, 0.1) is 5.82 Å². The first kappa shape index (κ1) is 8.18. The fraction of sp³-hybridized carbons (Fsp3) is 0.143. The van der Waals surface area contributed by atoms with Gasteiger partial charge in [0.1, 0.15) is 20.9 Å². The molecule has 0 aliphatic heterocycles. The summed E-state index contributed by atoms with van der Waals surface area (Å²) >= 11 is 0. The van der Waals surface area contributed by atoms with Crippen LogP contribution in [0.1, 0.15) is 0 Å². The summed E-state index contributed by atoms with van der Waals surface area (Å²) in [7, 11) is 7.17. The molecule has 1 nitrogen and oxygen atoms in total. The predicted molar refractivity (Wildman–Crippen MR) is 47.5 cm³/mol. The molecule has 53 valence electrons. The smallest absolute Gasteiger partial charge is 0.148 e. The van der Waals surface area contributed by atoms with Crippen LogP contribution in [0.15, 0.2) is 12.1 Å². The van der Waals surface area contributed by atoms with E-state index in [-0.39, 0.29) is 11.2 Å². The molecular weight excluding hydrogens is 139 g/mol. The van der Waals surface area contributed by atoms with Crippen molar-refractivity contribution < 1.29 is 4.39 Å². The molecule has 1 aromatic carbocycles. The van der Waals surface area contributed by atoms with Crippen LogP contribution in [-0.4, -0.2) is 15.1 Å². The lowest BCUT2D eigenvalue weighted by Gasteiger charge is -2.04. The summed E-state index contributed by atoms with van der Waals surface area (Å²) in [4.78, 5) is 0. The van der Waals surface area contributed by atoms with Gasteiger partial charge in [0.05, 0.1) is 5.69 Å².